The van der Waals surface area contributed by atoms with Crippen molar-refractivity contribution in [3.8, 4) is 0 Å². The fourth-order valence-electron chi connectivity index (χ4n) is 6.50. The summed E-state index contributed by atoms with van der Waals surface area (Å²) in [6.45, 7) is -0.250. The lowest BCUT2D eigenvalue weighted by molar-refractivity contribution is -0.122. The molecular formula is C37H43Cl5N2O3. The van der Waals surface area contributed by atoms with Crippen molar-refractivity contribution in [1.29, 1.82) is 0 Å². The van der Waals surface area contributed by atoms with Gasteiger partial charge in [0, 0.05) is 19.2 Å². The number of hydrogen-bond donors (Lipinski definition) is 3. The van der Waals surface area contributed by atoms with Crippen molar-refractivity contribution in [1.82, 2.24) is 10.2 Å². The topological polar surface area (TPSA) is 72.8 Å². The van der Waals surface area contributed by atoms with Crippen LogP contribution in [0.15, 0.2) is 84.9 Å². The summed E-state index contributed by atoms with van der Waals surface area (Å²) in [7, 11) is 7.34. The minimum Gasteiger partial charge on any atom is -0.483 e. The molecule has 0 aromatic heterocycles. The Bertz CT molecular complexity index is 1570. The maximum atomic E-state index is 8.36. The predicted octanol–water partition coefficient (Wildman–Crippen LogP) is 10.0. The van der Waals surface area contributed by atoms with E-state index in [1.165, 1.54) is 33.4 Å². The Morgan fingerprint density at radius 3 is 1.53 bits per heavy atom. The third kappa shape index (κ3) is 10.8. The van der Waals surface area contributed by atoms with E-state index in [0.29, 0.717) is 44.0 Å². The van der Waals surface area contributed by atoms with Crippen LogP contribution in [0, 0.1) is 0 Å². The minimum absolute atomic E-state index is 0. The molecule has 3 N–H and O–H groups in total. The van der Waals surface area contributed by atoms with Crippen LogP contribution in [-0.4, -0.2) is 49.8 Å². The summed E-state index contributed by atoms with van der Waals surface area (Å²) in [5.41, 5.74) is 8.33. The number of rotatable bonds is 6. The lowest BCUT2D eigenvalue weighted by atomic mass is 9.93. The van der Waals surface area contributed by atoms with Gasteiger partial charge in [0.25, 0.3) is 6.47 Å². The maximum Gasteiger partial charge on any atom is 0.290 e. The van der Waals surface area contributed by atoms with E-state index in [2.05, 4.69) is 85.0 Å². The van der Waals surface area contributed by atoms with Gasteiger partial charge in [0.2, 0.25) is 0 Å². The molecule has 4 aromatic carbocycles. The molecule has 0 fully saturated rings. The van der Waals surface area contributed by atoms with Crippen LogP contribution in [0.25, 0.3) is 0 Å². The van der Waals surface area contributed by atoms with Crippen molar-refractivity contribution in [3.63, 3.8) is 0 Å². The maximum absolute atomic E-state index is 8.36. The molecule has 254 valence electrons. The van der Waals surface area contributed by atoms with E-state index in [0.717, 1.165) is 32.8 Å². The molecule has 2 aliphatic rings. The van der Waals surface area contributed by atoms with Gasteiger partial charge in [-0.1, -0.05) is 107 Å². The standard InChI is InChI=1S/C18H19Cl2N.C17H17Cl2N.CH2O2.CH4O.ClH/c1-21(2)18-11-13(14-5-3-4-6-15(14)18)9-12-7-8-16(19)17(20)10-12;1-20-17-10-12(13-4-2-3-5-14(13)17)8-11-6-7-15(18)16(19)9-11;2-1-3;1-2;/h3-8,10,13,18H,9,11H2,1-2H3;2-7,9,12,17,20H,8,10H2,1H3;1H,(H,2,3);2H,1H3;1H. The zero-order chi connectivity index (χ0) is 33.8. The highest BCUT2D eigenvalue weighted by atomic mass is 35.5. The highest BCUT2D eigenvalue weighted by Gasteiger charge is 2.32. The highest BCUT2D eigenvalue weighted by Crippen LogP contribution is 2.44. The van der Waals surface area contributed by atoms with Crippen LogP contribution in [0.3, 0.4) is 0 Å². The van der Waals surface area contributed by atoms with Crippen molar-refractivity contribution in [2.75, 3.05) is 28.3 Å². The summed E-state index contributed by atoms with van der Waals surface area (Å²) < 4.78 is 0. The summed E-state index contributed by atoms with van der Waals surface area (Å²) in [5.74, 6) is 1.09. The van der Waals surface area contributed by atoms with Crippen molar-refractivity contribution >= 4 is 65.3 Å². The molecule has 4 aromatic rings. The Labute approximate surface area is 305 Å². The first kappa shape index (κ1) is 40.9. The first-order valence-corrected chi connectivity index (χ1v) is 16.6. The first-order valence-electron chi connectivity index (χ1n) is 15.1. The normalized spacial score (nSPS) is 18.6. The zero-order valence-electron chi connectivity index (χ0n) is 27.0. The van der Waals surface area contributed by atoms with Crippen LogP contribution in [0.4, 0.5) is 0 Å². The molecule has 0 spiro atoms. The van der Waals surface area contributed by atoms with E-state index in [1.807, 2.05) is 31.3 Å². The lowest BCUT2D eigenvalue weighted by Gasteiger charge is -2.20. The zero-order valence-corrected chi connectivity index (χ0v) is 30.8. The fourth-order valence-corrected chi connectivity index (χ4v) is 7.14. The van der Waals surface area contributed by atoms with E-state index in [1.54, 1.807) is 0 Å². The van der Waals surface area contributed by atoms with E-state index in [4.69, 9.17) is 61.4 Å². The van der Waals surface area contributed by atoms with Crippen molar-refractivity contribution in [2.45, 2.75) is 49.6 Å². The van der Waals surface area contributed by atoms with Gasteiger partial charge in [0.1, 0.15) is 0 Å². The van der Waals surface area contributed by atoms with E-state index in [-0.39, 0.29) is 18.9 Å². The molecule has 0 amide bonds. The number of aliphatic hydroxyl groups excluding tert-OH is 1. The number of carbonyl (C=O) groups is 1. The third-order valence-corrected chi connectivity index (χ3v) is 10.0. The summed E-state index contributed by atoms with van der Waals surface area (Å²) in [5, 5.41) is 19.8. The summed E-state index contributed by atoms with van der Waals surface area (Å²) >= 11 is 24.2. The first-order chi connectivity index (χ1) is 22.2. The average Bonchev–Trinajstić information content (AvgIpc) is 3.61. The molecule has 4 atom stereocenters. The van der Waals surface area contributed by atoms with Gasteiger partial charge in [-0.25, -0.2) is 0 Å². The minimum atomic E-state index is -0.250. The molecule has 0 saturated carbocycles. The van der Waals surface area contributed by atoms with Gasteiger partial charge in [-0.05, 0) is 116 Å². The monoisotopic (exact) mass is 738 g/mol. The van der Waals surface area contributed by atoms with Gasteiger partial charge in [-0.3, -0.25) is 4.79 Å². The molecule has 0 saturated heterocycles. The molecular weight excluding hydrogens is 698 g/mol. The van der Waals surface area contributed by atoms with Crippen LogP contribution < -0.4 is 5.32 Å². The van der Waals surface area contributed by atoms with Gasteiger partial charge < -0.3 is 20.4 Å². The number of hydrogen-bond acceptors (Lipinski definition) is 4. The Hall–Kier alpha value is -2.32. The Morgan fingerprint density at radius 2 is 1.11 bits per heavy atom. The van der Waals surface area contributed by atoms with Crippen LogP contribution in [0.5, 0.6) is 0 Å². The van der Waals surface area contributed by atoms with Gasteiger partial charge >= 0.3 is 0 Å². The van der Waals surface area contributed by atoms with Crippen LogP contribution >= 0.6 is 58.8 Å². The number of nitrogens with one attached hydrogen (secondary N) is 1. The Morgan fingerprint density at radius 1 is 0.702 bits per heavy atom. The van der Waals surface area contributed by atoms with Crippen LogP contribution in [-0.2, 0) is 17.6 Å². The van der Waals surface area contributed by atoms with Crippen molar-refractivity contribution < 1.29 is 15.0 Å². The summed E-state index contributed by atoms with van der Waals surface area (Å²) in [6, 6.07) is 30.4. The molecule has 4 unspecified atom stereocenters. The average molecular weight is 741 g/mol. The van der Waals surface area contributed by atoms with Gasteiger partial charge in [-0.15, -0.1) is 12.4 Å². The predicted molar refractivity (Wildman–Crippen MR) is 200 cm³/mol. The van der Waals surface area contributed by atoms with Gasteiger partial charge in [-0.2, -0.15) is 0 Å². The van der Waals surface area contributed by atoms with Gasteiger partial charge in [0.05, 0.1) is 20.1 Å². The molecule has 10 heteroatoms. The molecule has 5 nitrogen and oxygen atoms in total. The van der Waals surface area contributed by atoms with E-state index >= 15 is 0 Å². The number of fused-ring (bicyclic) bond motifs is 2. The Balaban J connectivity index is 0.000000283. The molecule has 2 aliphatic carbocycles. The lowest BCUT2D eigenvalue weighted by Crippen LogP contribution is -2.17. The van der Waals surface area contributed by atoms with Crippen molar-refractivity contribution in [3.05, 3.63) is 138 Å². The van der Waals surface area contributed by atoms with Crippen molar-refractivity contribution in [2.24, 2.45) is 0 Å². The quantitative estimate of drug-likeness (QED) is 0.172. The summed E-state index contributed by atoms with van der Waals surface area (Å²) in [6.07, 6.45) is 4.31. The van der Waals surface area contributed by atoms with Gasteiger partial charge in [0.15, 0.2) is 0 Å². The molecule has 47 heavy (non-hydrogen) atoms. The largest absolute Gasteiger partial charge is 0.483 e. The SMILES string of the molecule is CN(C)C1CC(Cc2ccc(Cl)c(Cl)c2)c2ccccc21.CNC1CC(Cc2ccc(Cl)c(Cl)c2)c2ccccc21.CO.Cl.O=CO. The summed E-state index contributed by atoms with van der Waals surface area (Å²) in [4.78, 5) is 10.7. The second kappa shape index (κ2) is 20.3. The Kier molecular flexibility index (Phi) is 17.6. The highest BCUT2D eigenvalue weighted by molar-refractivity contribution is 6.42. The van der Waals surface area contributed by atoms with E-state index < -0.39 is 0 Å². The number of aliphatic hydroxyl groups is 1. The number of halogens is 5. The fraction of sp³-hybridized carbons (Fsp3) is 0.324. The van der Waals surface area contributed by atoms with Crippen LogP contribution in [0.1, 0.15) is 70.1 Å². The molecule has 0 aliphatic heterocycles. The number of benzene rings is 4. The number of carboxylic acid groups (broad SMARTS) is 1. The molecule has 6 rings (SSSR count). The third-order valence-electron chi connectivity index (χ3n) is 8.54. The number of nitrogens with zero attached hydrogens (tertiary/aromatic N) is 1. The second-order valence-corrected chi connectivity index (χ2v) is 13.1. The second-order valence-electron chi connectivity index (χ2n) is 11.5. The smallest absolute Gasteiger partial charge is 0.290 e. The van der Waals surface area contributed by atoms with Crippen LogP contribution in [0.2, 0.25) is 20.1 Å². The molecule has 0 heterocycles. The van der Waals surface area contributed by atoms with E-state index in [9.17, 15) is 0 Å². The molecule has 0 bridgehead atoms. The molecule has 0 radical (unpaired) electrons.